The van der Waals surface area contributed by atoms with E-state index >= 15 is 0 Å². The van der Waals surface area contributed by atoms with Gasteiger partial charge in [0.2, 0.25) is 5.95 Å². The average Bonchev–Trinajstić information content (AvgIpc) is 3.43. The summed E-state index contributed by atoms with van der Waals surface area (Å²) in [6.45, 7) is 0. The van der Waals surface area contributed by atoms with Gasteiger partial charge in [-0.1, -0.05) is 24.3 Å². The molecule has 2 aliphatic rings. The summed E-state index contributed by atoms with van der Waals surface area (Å²) in [5, 5.41) is 8.04. The second-order valence-corrected chi connectivity index (χ2v) is 8.60. The van der Waals surface area contributed by atoms with Crippen LogP contribution >= 0.6 is 0 Å². The standard InChI is InChI=1S/C28H24N4O5/c1-34-18-12-13-20(22(14-18)35-2)25-23-24(31-28-29-15-30-32(25)28)19-6-4-5-7-21(19)37-26(23)16-8-10-17(11-9-16)27(33)36-3/h4-15,25-26H,1-3H3,(H,29,30,31). The highest BCUT2D eigenvalue weighted by atomic mass is 16.5. The molecular weight excluding hydrogens is 472 g/mol. The van der Waals surface area contributed by atoms with Gasteiger partial charge in [0.15, 0.2) is 0 Å². The first-order valence-corrected chi connectivity index (χ1v) is 11.7. The third-order valence-electron chi connectivity index (χ3n) is 6.69. The van der Waals surface area contributed by atoms with Gasteiger partial charge in [-0.2, -0.15) is 10.1 Å². The highest BCUT2D eigenvalue weighted by molar-refractivity contribution is 5.89. The van der Waals surface area contributed by atoms with Gasteiger partial charge in [0.1, 0.15) is 35.7 Å². The van der Waals surface area contributed by atoms with Gasteiger partial charge >= 0.3 is 5.97 Å². The highest BCUT2D eigenvalue weighted by Gasteiger charge is 2.42. The number of benzene rings is 3. The maximum Gasteiger partial charge on any atom is 0.337 e. The molecule has 2 atom stereocenters. The lowest BCUT2D eigenvalue weighted by molar-refractivity contribution is 0.0600. The summed E-state index contributed by atoms with van der Waals surface area (Å²) < 4.78 is 24.6. The number of esters is 1. The van der Waals surface area contributed by atoms with Crippen LogP contribution in [0.2, 0.25) is 0 Å². The second-order valence-electron chi connectivity index (χ2n) is 8.60. The van der Waals surface area contributed by atoms with Crippen LogP contribution in [0.3, 0.4) is 0 Å². The first kappa shape index (κ1) is 22.7. The van der Waals surface area contributed by atoms with E-state index in [1.54, 1.807) is 26.4 Å². The summed E-state index contributed by atoms with van der Waals surface area (Å²) in [7, 11) is 4.62. The van der Waals surface area contributed by atoms with Gasteiger partial charge in [0.25, 0.3) is 0 Å². The van der Waals surface area contributed by atoms with Crippen LogP contribution in [0.5, 0.6) is 17.2 Å². The molecule has 9 heteroatoms. The number of carbonyl (C=O) groups excluding carboxylic acids is 1. The number of anilines is 1. The minimum Gasteiger partial charge on any atom is -0.497 e. The molecule has 2 unspecified atom stereocenters. The SMILES string of the molecule is COC(=O)c1ccc(C2Oc3ccccc3C3=C2C(c2ccc(OC)cc2OC)n2ncnc2N3)cc1. The van der Waals surface area contributed by atoms with Gasteiger partial charge in [-0.3, -0.25) is 0 Å². The van der Waals surface area contributed by atoms with Crippen molar-refractivity contribution in [2.75, 3.05) is 26.6 Å². The van der Waals surface area contributed by atoms with E-state index in [-0.39, 0.29) is 0 Å². The van der Waals surface area contributed by atoms with E-state index in [1.807, 2.05) is 59.3 Å². The number of ether oxygens (including phenoxy) is 4. The number of rotatable bonds is 5. The Morgan fingerprint density at radius 2 is 1.81 bits per heavy atom. The van der Waals surface area contributed by atoms with Crippen LogP contribution in [0, 0.1) is 0 Å². The molecule has 9 nitrogen and oxygen atoms in total. The molecule has 4 aromatic rings. The van der Waals surface area contributed by atoms with Gasteiger partial charge in [-0.25, -0.2) is 9.48 Å². The number of hydrogen-bond acceptors (Lipinski definition) is 8. The monoisotopic (exact) mass is 496 g/mol. The zero-order valence-corrected chi connectivity index (χ0v) is 20.5. The molecule has 0 aliphatic carbocycles. The number of nitrogens with one attached hydrogen (secondary N) is 1. The summed E-state index contributed by atoms with van der Waals surface area (Å²) in [4.78, 5) is 16.5. The maximum atomic E-state index is 12.0. The zero-order chi connectivity index (χ0) is 25.5. The highest BCUT2D eigenvalue weighted by Crippen LogP contribution is 2.52. The van der Waals surface area contributed by atoms with E-state index in [2.05, 4.69) is 15.4 Å². The van der Waals surface area contributed by atoms with Crippen molar-refractivity contribution in [2.24, 2.45) is 0 Å². The molecule has 0 fully saturated rings. The topological polar surface area (TPSA) is 96.7 Å². The number of aromatic nitrogens is 3. The van der Waals surface area contributed by atoms with Crippen molar-refractivity contribution in [1.82, 2.24) is 14.8 Å². The Kier molecular flexibility index (Phi) is 5.52. The molecule has 1 aromatic heterocycles. The molecule has 0 saturated carbocycles. The minimum absolute atomic E-state index is 0.395. The number of methoxy groups -OCH3 is 3. The van der Waals surface area contributed by atoms with E-state index in [0.29, 0.717) is 23.0 Å². The third kappa shape index (κ3) is 3.67. The normalized spacial score (nSPS) is 17.5. The number of para-hydroxylation sites is 1. The Morgan fingerprint density at radius 1 is 1.00 bits per heavy atom. The lowest BCUT2D eigenvalue weighted by Gasteiger charge is -2.39. The first-order valence-electron chi connectivity index (χ1n) is 11.7. The quantitative estimate of drug-likeness (QED) is 0.399. The predicted octanol–water partition coefficient (Wildman–Crippen LogP) is 4.64. The van der Waals surface area contributed by atoms with Crippen molar-refractivity contribution in [2.45, 2.75) is 12.1 Å². The van der Waals surface area contributed by atoms with E-state index in [9.17, 15) is 4.79 Å². The molecule has 1 N–H and O–H groups in total. The number of fused-ring (bicyclic) bond motifs is 3. The lowest BCUT2D eigenvalue weighted by atomic mass is 9.84. The largest absolute Gasteiger partial charge is 0.497 e. The molecule has 0 amide bonds. The van der Waals surface area contributed by atoms with Crippen LogP contribution < -0.4 is 19.5 Å². The average molecular weight is 497 g/mol. The molecule has 0 saturated heterocycles. The first-order chi connectivity index (χ1) is 18.1. The van der Waals surface area contributed by atoms with Crippen molar-refractivity contribution in [3.63, 3.8) is 0 Å². The Hall–Kier alpha value is -4.79. The van der Waals surface area contributed by atoms with E-state index in [4.69, 9.17) is 18.9 Å². The zero-order valence-electron chi connectivity index (χ0n) is 20.5. The molecular formula is C28H24N4O5. The summed E-state index contributed by atoms with van der Waals surface area (Å²) in [5.74, 6) is 2.29. The van der Waals surface area contributed by atoms with E-state index in [1.165, 1.54) is 13.4 Å². The fourth-order valence-electron chi connectivity index (χ4n) is 4.95. The lowest BCUT2D eigenvalue weighted by Crippen LogP contribution is -2.32. The predicted molar refractivity (Wildman–Crippen MR) is 136 cm³/mol. The Balaban J connectivity index is 1.58. The Labute approximate surface area is 213 Å². The van der Waals surface area contributed by atoms with Crippen LogP contribution in [0.25, 0.3) is 5.70 Å². The van der Waals surface area contributed by atoms with Crippen molar-refractivity contribution < 1.29 is 23.7 Å². The van der Waals surface area contributed by atoms with E-state index in [0.717, 1.165) is 33.7 Å². The molecule has 3 heterocycles. The minimum atomic E-state index is -0.488. The summed E-state index contributed by atoms with van der Waals surface area (Å²) in [6, 6.07) is 20.5. The third-order valence-corrected chi connectivity index (χ3v) is 6.69. The maximum absolute atomic E-state index is 12.0. The van der Waals surface area contributed by atoms with Crippen LogP contribution in [0.4, 0.5) is 5.95 Å². The van der Waals surface area contributed by atoms with Gasteiger partial charge in [0, 0.05) is 22.8 Å². The van der Waals surface area contributed by atoms with E-state index < -0.39 is 18.1 Å². The van der Waals surface area contributed by atoms with Crippen LogP contribution in [0.1, 0.15) is 39.2 Å². The molecule has 0 bridgehead atoms. The molecule has 0 radical (unpaired) electrons. The van der Waals surface area contributed by atoms with Crippen LogP contribution in [0.15, 0.2) is 78.6 Å². The van der Waals surface area contributed by atoms with Crippen molar-refractivity contribution in [3.8, 4) is 17.2 Å². The summed E-state index contributed by atoms with van der Waals surface area (Å²) in [5.41, 5.74) is 4.97. The number of nitrogens with zero attached hydrogens (tertiary/aromatic N) is 3. The Morgan fingerprint density at radius 3 is 2.57 bits per heavy atom. The molecule has 0 spiro atoms. The van der Waals surface area contributed by atoms with Crippen molar-refractivity contribution in [3.05, 3.63) is 101 Å². The molecule has 6 rings (SSSR count). The fraction of sp³-hybridized carbons (Fsp3) is 0.179. The van der Waals surface area contributed by atoms with Gasteiger partial charge in [-0.15, -0.1) is 0 Å². The van der Waals surface area contributed by atoms with Gasteiger partial charge in [0.05, 0.1) is 32.6 Å². The molecule has 37 heavy (non-hydrogen) atoms. The smallest absolute Gasteiger partial charge is 0.337 e. The molecule has 186 valence electrons. The second kappa shape index (κ2) is 9.02. The van der Waals surface area contributed by atoms with Gasteiger partial charge < -0.3 is 24.3 Å². The number of hydrogen-bond donors (Lipinski definition) is 1. The summed E-state index contributed by atoms with van der Waals surface area (Å²) in [6.07, 6.45) is 1.04. The number of carbonyl (C=O) groups is 1. The van der Waals surface area contributed by atoms with Crippen molar-refractivity contribution in [1.29, 1.82) is 0 Å². The summed E-state index contributed by atoms with van der Waals surface area (Å²) >= 11 is 0. The van der Waals surface area contributed by atoms with Crippen molar-refractivity contribution >= 4 is 17.6 Å². The Bertz CT molecular complexity index is 1530. The van der Waals surface area contributed by atoms with Crippen LogP contribution in [-0.2, 0) is 4.74 Å². The van der Waals surface area contributed by atoms with Crippen LogP contribution in [-0.4, -0.2) is 42.1 Å². The van der Waals surface area contributed by atoms with Gasteiger partial charge in [-0.05, 0) is 42.0 Å². The fourth-order valence-corrected chi connectivity index (χ4v) is 4.95. The molecule has 3 aromatic carbocycles. The molecule has 2 aliphatic heterocycles.